The number of para-hydroxylation sites is 4. The first-order chi connectivity index (χ1) is 27.8. The number of allylic oxidation sites excluding steroid dienone is 1. The molecule has 0 radical (unpaired) electrons. The summed E-state index contributed by atoms with van der Waals surface area (Å²) in [7, 11) is 0. The van der Waals surface area contributed by atoms with E-state index >= 15 is 0 Å². The maximum absolute atomic E-state index is 6.76. The second kappa shape index (κ2) is 12.1. The number of aryl methyl sites for hydroxylation is 1. The molecule has 264 valence electrons. The molecule has 12 rings (SSSR count). The zero-order chi connectivity index (χ0) is 36.7. The van der Waals surface area contributed by atoms with Gasteiger partial charge in [0.2, 0.25) is 0 Å². The van der Waals surface area contributed by atoms with Crippen LogP contribution in [0.2, 0.25) is 0 Å². The van der Waals surface area contributed by atoms with Crippen LogP contribution in [0.25, 0.3) is 88.0 Å². The molecule has 8 aromatic carbocycles. The third kappa shape index (κ3) is 4.66. The fourth-order valence-corrected chi connectivity index (χ4v) is 9.09. The van der Waals surface area contributed by atoms with Crippen LogP contribution in [0, 0.1) is 0 Å². The van der Waals surface area contributed by atoms with Gasteiger partial charge in [0.15, 0.2) is 5.76 Å². The van der Waals surface area contributed by atoms with E-state index in [9.17, 15) is 0 Å². The molecule has 56 heavy (non-hydrogen) atoms. The standard InChI is InChI=1S/C52H34N2O2/c1-2-13-34-32-51-44(30-33(34)12-1)43-31-35(24-29-50(43)55-51)38-14-3-7-19-45(38)54(48-22-11-18-42-41-17-6-10-23-49(41)56-52(42)48)37-27-25-36(26-28-37)53-46-20-8-4-15-39(46)40-16-5-9-21-47(40)53/h1-10,12-17,19-32H,11,18H2. The van der Waals surface area contributed by atoms with Crippen LogP contribution in [0.4, 0.5) is 11.4 Å². The zero-order valence-corrected chi connectivity index (χ0v) is 30.4. The maximum atomic E-state index is 6.76. The SMILES string of the molecule is C1=C(N(c2ccc(-n3c4ccccc4c4ccccc43)cc2)c2ccccc2-c2ccc3oc4cc5ccccc5cc4c3c2)c2oc3ccccc3c2CC1. The Balaban J connectivity index is 1.05. The summed E-state index contributed by atoms with van der Waals surface area (Å²) in [6, 6.07) is 63.0. The van der Waals surface area contributed by atoms with Crippen LogP contribution in [-0.4, -0.2) is 4.57 Å². The predicted octanol–water partition coefficient (Wildman–Crippen LogP) is 14.4. The van der Waals surface area contributed by atoms with Crippen LogP contribution in [0.1, 0.15) is 17.7 Å². The number of anilines is 2. The highest BCUT2D eigenvalue weighted by molar-refractivity contribution is 6.12. The number of hydrogen-bond acceptors (Lipinski definition) is 3. The Morgan fingerprint density at radius 1 is 0.482 bits per heavy atom. The van der Waals surface area contributed by atoms with E-state index in [1.165, 1.54) is 43.5 Å². The Hall–Kier alpha value is -7.30. The third-order valence-electron chi connectivity index (χ3n) is 11.6. The molecule has 0 unspecified atom stereocenters. The summed E-state index contributed by atoms with van der Waals surface area (Å²) in [4.78, 5) is 2.40. The van der Waals surface area contributed by atoms with E-state index in [0.29, 0.717) is 0 Å². The lowest BCUT2D eigenvalue weighted by Gasteiger charge is -2.31. The molecular formula is C52H34N2O2. The van der Waals surface area contributed by atoms with E-state index in [1.54, 1.807) is 0 Å². The molecule has 1 aliphatic rings. The van der Waals surface area contributed by atoms with Crippen LogP contribution in [-0.2, 0) is 6.42 Å². The smallest absolute Gasteiger partial charge is 0.155 e. The molecule has 0 atom stereocenters. The summed E-state index contributed by atoms with van der Waals surface area (Å²) < 4.78 is 15.6. The molecule has 1 aliphatic carbocycles. The fraction of sp³-hybridized carbons (Fsp3) is 0.0385. The first-order valence-corrected chi connectivity index (χ1v) is 19.3. The van der Waals surface area contributed by atoms with E-state index in [0.717, 1.165) is 80.0 Å². The predicted molar refractivity (Wildman–Crippen MR) is 232 cm³/mol. The number of rotatable bonds is 5. The minimum Gasteiger partial charge on any atom is -0.456 e. The van der Waals surface area contributed by atoms with Crippen molar-refractivity contribution in [1.82, 2.24) is 4.57 Å². The molecule has 0 saturated carbocycles. The van der Waals surface area contributed by atoms with Crippen molar-refractivity contribution in [2.45, 2.75) is 12.8 Å². The summed E-state index contributed by atoms with van der Waals surface area (Å²) in [6.45, 7) is 0. The van der Waals surface area contributed by atoms with E-state index in [4.69, 9.17) is 8.83 Å². The van der Waals surface area contributed by atoms with Crippen molar-refractivity contribution in [3.05, 3.63) is 193 Å². The van der Waals surface area contributed by atoms with Crippen LogP contribution >= 0.6 is 0 Å². The van der Waals surface area contributed by atoms with Gasteiger partial charge in [-0.2, -0.15) is 0 Å². The largest absolute Gasteiger partial charge is 0.456 e. The lowest BCUT2D eigenvalue weighted by molar-refractivity contribution is 0.588. The lowest BCUT2D eigenvalue weighted by atomic mass is 9.95. The first kappa shape index (κ1) is 31.1. The highest BCUT2D eigenvalue weighted by atomic mass is 16.3. The normalized spacial score (nSPS) is 13.0. The van der Waals surface area contributed by atoms with Gasteiger partial charge in [-0.15, -0.1) is 0 Å². The van der Waals surface area contributed by atoms with Crippen LogP contribution in [0.5, 0.6) is 0 Å². The number of nitrogens with zero attached hydrogens (tertiary/aromatic N) is 2. The van der Waals surface area contributed by atoms with Crippen molar-refractivity contribution >= 4 is 82.6 Å². The molecular weight excluding hydrogens is 685 g/mol. The van der Waals surface area contributed by atoms with Crippen LogP contribution in [0.3, 0.4) is 0 Å². The number of benzene rings is 8. The zero-order valence-electron chi connectivity index (χ0n) is 30.4. The van der Waals surface area contributed by atoms with Crippen molar-refractivity contribution < 1.29 is 8.83 Å². The van der Waals surface area contributed by atoms with Crippen LogP contribution < -0.4 is 4.90 Å². The van der Waals surface area contributed by atoms with Gasteiger partial charge >= 0.3 is 0 Å². The van der Waals surface area contributed by atoms with Gasteiger partial charge in [-0.05, 0) is 102 Å². The molecule has 4 nitrogen and oxygen atoms in total. The topological polar surface area (TPSA) is 34.5 Å². The van der Waals surface area contributed by atoms with Crippen molar-refractivity contribution in [2.75, 3.05) is 4.90 Å². The highest BCUT2D eigenvalue weighted by Crippen LogP contribution is 2.46. The van der Waals surface area contributed by atoms with E-state index in [1.807, 2.05) is 0 Å². The quantitative estimate of drug-likeness (QED) is 0.178. The second-order valence-electron chi connectivity index (χ2n) is 14.8. The molecule has 0 amide bonds. The van der Waals surface area contributed by atoms with Gasteiger partial charge in [0.1, 0.15) is 16.7 Å². The summed E-state index contributed by atoms with van der Waals surface area (Å²) in [5, 5.41) is 8.30. The highest BCUT2D eigenvalue weighted by Gasteiger charge is 2.28. The van der Waals surface area contributed by atoms with Gasteiger partial charge in [-0.25, -0.2) is 0 Å². The number of fused-ring (bicyclic) bond motifs is 10. The van der Waals surface area contributed by atoms with Gasteiger partial charge in [0.05, 0.1) is 22.4 Å². The summed E-state index contributed by atoms with van der Waals surface area (Å²) in [5.74, 6) is 0.932. The van der Waals surface area contributed by atoms with Crippen molar-refractivity contribution in [1.29, 1.82) is 0 Å². The van der Waals surface area contributed by atoms with Gasteiger partial charge < -0.3 is 18.3 Å². The van der Waals surface area contributed by atoms with E-state index in [2.05, 4.69) is 191 Å². The second-order valence-corrected chi connectivity index (χ2v) is 14.8. The first-order valence-electron chi connectivity index (χ1n) is 19.3. The lowest BCUT2D eigenvalue weighted by Crippen LogP contribution is -2.18. The summed E-state index contributed by atoms with van der Waals surface area (Å²) in [5.41, 5.74) is 12.9. The van der Waals surface area contributed by atoms with Crippen molar-refractivity contribution in [3.63, 3.8) is 0 Å². The Morgan fingerprint density at radius 2 is 1.12 bits per heavy atom. The molecule has 0 bridgehead atoms. The fourth-order valence-electron chi connectivity index (χ4n) is 9.09. The van der Waals surface area contributed by atoms with Gasteiger partial charge in [-0.1, -0.05) is 109 Å². The molecule has 0 spiro atoms. The van der Waals surface area contributed by atoms with Gasteiger partial charge in [-0.3, -0.25) is 0 Å². The number of furan rings is 2. The van der Waals surface area contributed by atoms with Crippen molar-refractivity contribution in [2.24, 2.45) is 0 Å². The Morgan fingerprint density at radius 3 is 1.93 bits per heavy atom. The van der Waals surface area contributed by atoms with Crippen LogP contribution in [0.15, 0.2) is 191 Å². The van der Waals surface area contributed by atoms with Gasteiger partial charge in [0, 0.05) is 49.4 Å². The Bertz CT molecular complexity index is 3320. The molecule has 0 aliphatic heterocycles. The third-order valence-corrected chi connectivity index (χ3v) is 11.6. The van der Waals surface area contributed by atoms with E-state index in [-0.39, 0.29) is 0 Å². The summed E-state index contributed by atoms with van der Waals surface area (Å²) in [6.07, 6.45) is 4.21. The van der Waals surface area contributed by atoms with Gasteiger partial charge in [0.25, 0.3) is 0 Å². The number of hydrogen-bond donors (Lipinski definition) is 0. The minimum atomic E-state index is 0.885. The van der Waals surface area contributed by atoms with Crippen molar-refractivity contribution in [3.8, 4) is 16.8 Å². The molecule has 3 heterocycles. The average Bonchev–Trinajstić information content (AvgIpc) is 3.93. The average molecular weight is 719 g/mol. The summed E-state index contributed by atoms with van der Waals surface area (Å²) >= 11 is 0. The Labute approximate surface area is 322 Å². The monoisotopic (exact) mass is 718 g/mol. The number of aromatic nitrogens is 1. The molecule has 4 heteroatoms. The molecule has 0 N–H and O–H groups in total. The maximum Gasteiger partial charge on any atom is 0.155 e. The minimum absolute atomic E-state index is 0.885. The Kier molecular flexibility index (Phi) is 6.72. The molecule has 0 fully saturated rings. The molecule has 3 aromatic heterocycles. The molecule has 0 saturated heterocycles. The van der Waals surface area contributed by atoms with E-state index < -0.39 is 0 Å². The molecule has 11 aromatic rings.